The van der Waals surface area contributed by atoms with Crippen LogP contribution in [0.1, 0.15) is 25.7 Å². The predicted molar refractivity (Wildman–Crippen MR) is 106 cm³/mol. The Morgan fingerprint density at radius 1 is 1.14 bits per heavy atom. The Morgan fingerprint density at radius 2 is 1.82 bits per heavy atom. The number of hydrogen-bond donors (Lipinski definition) is 0. The minimum atomic E-state index is -3.18. The molecule has 2 saturated heterocycles. The second-order valence-corrected chi connectivity index (χ2v) is 9.66. The van der Waals surface area contributed by atoms with Gasteiger partial charge in [0.1, 0.15) is 6.10 Å². The molecule has 2 aliphatic rings. The van der Waals surface area contributed by atoms with Gasteiger partial charge in [-0.2, -0.15) is 0 Å². The van der Waals surface area contributed by atoms with E-state index in [1.54, 1.807) is 12.4 Å². The number of carbonyl (C=O) groups excluding carboxylic acids is 1. The van der Waals surface area contributed by atoms with Crippen molar-refractivity contribution in [2.24, 2.45) is 5.92 Å². The maximum atomic E-state index is 12.9. The largest absolute Gasteiger partial charge is 0.470 e. The summed E-state index contributed by atoms with van der Waals surface area (Å²) < 4.78 is 30.8. The van der Waals surface area contributed by atoms with E-state index in [-0.39, 0.29) is 17.9 Å². The minimum Gasteiger partial charge on any atom is -0.470 e. The molecule has 0 saturated carbocycles. The molecule has 0 aromatic carbocycles. The van der Waals surface area contributed by atoms with Gasteiger partial charge in [0.05, 0.1) is 12.8 Å². The second-order valence-electron chi connectivity index (χ2n) is 7.68. The zero-order valence-corrected chi connectivity index (χ0v) is 17.6. The van der Waals surface area contributed by atoms with E-state index in [9.17, 15) is 13.2 Å². The zero-order valence-electron chi connectivity index (χ0n) is 16.7. The summed E-state index contributed by atoms with van der Waals surface area (Å²) in [4.78, 5) is 25.3. The third-order valence-electron chi connectivity index (χ3n) is 5.31. The maximum Gasteiger partial charge on any atom is 0.257 e. The SMILES string of the molecule is CN(C)c1nccnc1OC1CCCN(C(=O)C2CCN(S(C)(=O)=O)CC2)C1. The fraction of sp³-hybridized carbons (Fsp3) is 0.722. The molecular formula is C18H29N5O4S. The van der Waals surface area contributed by atoms with Crippen LogP contribution in [0.4, 0.5) is 5.82 Å². The number of rotatable bonds is 5. The summed E-state index contributed by atoms with van der Waals surface area (Å²) in [6.07, 6.45) is 7.20. The number of aromatic nitrogens is 2. The van der Waals surface area contributed by atoms with E-state index >= 15 is 0 Å². The van der Waals surface area contributed by atoms with Crippen molar-refractivity contribution in [2.45, 2.75) is 31.8 Å². The highest BCUT2D eigenvalue weighted by Gasteiger charge is 2.34. The Bertz CT molecular complexity index is 793. The van der Waals surface area contributed by atoms with E-state index in [0.29, 0.717) is 50.7 Å². The number of carbonyl (C=O) groups is 1. The first kappa shape index (κ1) is 20.8. The molecule has 0 aliphatic carbocycles. The van der Waals surface area contributed by atoms with Crippen molar-refractivity contribution >= 4 is 21.7 Å². The van der Waals surface area contributed by atoms with Gasteiger partial charge < -0.3 is 14.5 Å². The highest BCUT2D eigenvalue weighted by Crippen LogP contribution is 2.26. The van der Waals surface area contributed by atoms with Crippen LogP contribution < -0.4 is 9.64 Å². The molecule has 3 rings (SSSR count). The zero-order chi connectivity index (χ0) is 20.3. The highest BCUT2D eigenvalue weighted by molar-refractivity contribution is 7.88. The van der Waals surface area contributed by atoms with Crippen molar-refractivity contribution in [1.29, 1.82) is 0 Å². The first-order valence-corrected chi connectivity index (χ1v) is 11.5. The van der Waals surface area contributed by atoms with Gasteiger partial charge in [0.2, 0.25) is 15.9 Å². The summed E-state index contributed by atoms with van der Waals surface area (Å²) in [5.74, 6) is 1.13. The third kappa shape index (κ3) is 4.91. The number of amides is 1. The molecule has 10 heteroatoms. The lowest BCUT2D eigenvalue weighted by Crippen LogP contribution is -2.49. The fourth-order valence-electron chi connectivity index (χ4n) is 3.79. The van der Waals surface area contributed by atoms with Crippen LogP contribution in [-0.4, -0.2) is 86.1 Å². The predicted octanol–water partition coefficient (Wildman–Crippen LogP) is 0.584. The van der Waals surface area contributed by atoms with E-state index in [4.69, 9.17) is 4.74 Å². The Morgan fingerprint density at radius 3 is 2.46 bits per heavy atom. The second kappa shape index (κ2) is 8.60. The van der Waals surface area contributed by atoms with E-state index in [2.05, 4.69) is 9.97 Å². The lowest BCUT2D eigenvalue weighted by atomic mass is 9.95. The first-order valence-electron chi connectivity index (χ1n) is 9.64. The molecule has 2 fully saturated rings. The summed E-state index contributed by atoms with van der Waals surface area (Å²) in [5, 5.41) is 0. The van der Waals surface area contributed by atoms with Crippen molar-refractivity contribution in [3.8, 4) is 5.88 Å². The van der Waals surface area contributed by atoms with Gasteiger partial charge in [0.15, 0.2) is 5.82 Å². The summed E-state index contributed by atoms with van der Waals surface area (Å²) in [6, 6.07) is 0. The molecule has 1 amide bonds. The number of sulfonamides is 1. The Hall–Kier alpha value is -1.94. The Kier molecular flexibility index (Phi) is 6.39. The van der Waals surface area contributed by atoms with Gasteiger partial charge in [0.25, 0.3) is 5.88 Å². The molecule has 3 heterocycles. The monoisotopic (exact) mass is 411 g/mol. The van der Waals surface area contributed by atoms with Gasteiger partial charge in [-0.25, -0.2) is 22.7 Å². The smallest absolute Gasteiger partial charge is 0.257 e. The number of anilines is 1. The van der Waals surface area contributed by atoms with Crippen molar-refractivity contribution in [2.75, 3.05) is 51.4 Å². The summed E-state index contributed by atoms with van der Waals surface area (Å²) >= 11 is 0. The molecule has 156 valence electrons. The van der Waals surface area contributed by atoms with Crippen LogP contribution in [-0.2, 0) is 14.8 Å². The van der Waals surface area contributed by atoms with Crippen molar-refractivity contribution in [1.82, 2.24) is 19.2 Å². The van der Waals surface area contributed by atoms with E-state index in [1.807, 2.05) is 23.9 Å². The van der Waals surface area contributed by atoms with Crippen molar-refractivity contribution in [3.63, 3.8) is 0 Å². The third-order valence-corrected chi connectivity index (χ3v) is 6.61. The quantitative estimate of drug-likeness (QED) is 0.699. The molecule has 0 spiro atoms. The number of piperidine rings is 2. The maximum absolute atomic E-state index is 12.9. The van der Waals surface area contributed by atoms with E-state index < -0.39 is 10.0 Å². The lowest BCUT2D eigenvalue weighted by Gasteiger charge is -2.37. The number of likely N-dealkylation sites (tertiary alicyclic amines) is 1. The Balaban J connectivity index is 1.59. The van der Waals surface area contributed by atoms with Gasteiger partial charge in [-0.1, -0.05) is 0 Å². The summed E-state index contributed by atoms with van der Waals surface area (Å²) in [7, 11) is 0.588. The number of ether oxygens (including phenoxy) is 1. The highest BCUT2D eigenvalue weighted by atomic mass is 32.2. The Labute approximate surface area is 166 Å². The van der Waals surface area contributed by atoms with Crippen LogP contribution in [0.2, 0.25) is 0 Å². The molecule has 0 N–H and O–H groups in total. The number of nitrogens with zero attached hydrogens (tertiary/aromatic N) is 5. The molecule has 1 unspecified atom stereocenters. The summed E-state index contributed by atoms with van der Waals surface area (Å²) in [6.45, 7) is 2.06. The summed E-state index contributed by atoms with van der Waals surface area (Å²) in [5.41, 5.74) is 0. The van der Waals surface area contributed by atoms with Crippen LogP contribution in [0, 0.1) is 5.92 Å². The molecule has 9 nitrogen and oxygen atoms in total. The van der Waals surface area contributed by atoms with Gasteiger partial charge >= 0.3 is 0 Å². The average molecular weight is 412 g/mol. The van der Waals surface area contributed by atoms with Gasteiger partial charge in [0, 0.05) is 52.0 Å². The van der Waals surface area contributed by atoms with E-state index in [1.165, 1.54) is 10.6 Å². The minimum absolute atomic E-state index is 0.105. The van der Waals surface area contributed by atoms with Crippen LogP contribution in [0.3, 0.4) is 0 Å². The molecule has 1 atom stereocenters. The molecular weight excluding hydrogens is 382 g/mol. The lowest BCUT2D eigenvalue weighted by molar-refractivity contribution is -0.139. The van der Waals surface area contributed by atoms with Crippen molar-refractivity contribution in [3.05, 3.63) is 12.4 Å². The molecule has 0 radical (unpaired) electrons. The van der Waals surface area contributed by atoms with E-state index in [0.717, 1.165) is 12.8 Å². The van der Waals surface area contributed by atoms with Crippen molar-refractivity contribution < 1.29 is 17.9 Å². The fourth-order valence-corrected chi connectivity index (χ4v) is 4.67. The van der Waals surface area contributed by atoms with Gasteiger partial charge in [-0.3, -0.25) is 4.79 Å². The van der Waals surface area contributed by atoms with Crippen LogP contribution in [0.25, 0.3) is 0 Å². The standard InChI is InChI=1S/C18H29N5O4S/c1-21(2)16-17(20-9-8-19-16)27-15-5-4-10-22(13-15)18(24)14-6-11-23(12-7-14)28(3,25)26/h8-9,14-15H,4-7,10-13H2,1-3H3. The van der Waals surface area contributed by atoms with Gasteiger partial charge in [-0.05, 0) is 25.7 Å². The molecule has 2 aliphatic heterocycles. The molecule has 1 aromatic heterocycles. The van der Waals surface area contributed by atoms with Crippen LogP contribution >= 0.6 is 0 Å². The van der Waals surface area contributed by atoms with Gasteiger partial charge in [-0.15, -0.1) is 0 Å². The molecule has 28 heavy (non-hydrogen) atoms. The topological polar surface area (TPSA) is 95.9 Å². The van der Waals surface area contributed by atoms with Crippen LogP contribution in [0.15, 0.2) is 12.4 Å². The van der Waals surface area contributed by atoms with Crippen LogP contribution in [0.5, 0.6) is 5.88 Å². The average Bonchev–Trinajstić information content (AvgIpc) is 2.67. The normalized spacial score (nSPS) is 22.1. The first-order chi connectivity index (χ1) is 13.3. The molecule has 0 bridgehead atoms. The number of hydrogen-bond acceptors (Lipinski definition) is 7. The molecule has 1 aromatic rings.